The Balaban J connectivity index is 2.03. The smallest absolute Gasteiger partial charge is 0.272 e. The zero-order chi connectivity index (χ0) is 12.5. The number of aryl methyl sites for hydroxylation is 1. The third-order valence-electron chi connectivity index (χ3n) is 2.73. The fourth-order valence-corrected chi connectivity index (χ4v) is 4.28. The highest BCUT2D eigenvalue weighted by molar-refractivity contribution is 7.91. The molecule has 1 aromatic rings. The van der Waals surface area contributed by atoms with Crippen molar-refractivity contribution in [3.8, 4) is 0 Å². The third-order valence-corrected chi connectivity index (χ3v) is 5.95. The minimum atomic E-state index is -3.59. The second-order valence-electron chi connectivity index (χ2n) is 4.13. The number of sulfonamides is 1. The first-order valence-electron chi connectivity index (χ1n) is 5.42. The molecule has 0 saturated heterocycles. The van der Waals surface area contributed by atoms with Crippen LogP contribution in [0.3, 0.4) is 0 Å². The molecular weight excluding hydrogens is 282 g/mol. The second kappa shape index (κ2) is 5.24. The van der Waals surface area contributed by atoms with Crippen LogP contribution in [0.5, 0.6) is 0 Å². The Morgan fingerprint density at radius 3 is 2.65 bits per heavy atom. The van der Waals surface area contributed by atoms with Gasteiger partial charge in [0.15, 0.2) is 0 Å². The van der Waals surface area contributed by atoms with Crippen molar-refractivity contribution in [2.75, 3.05) is 0 Å². The van der Waals surface area contributed by atoms with Gasteiger partial charge in [-0.3, -0.25) is 4.84 Å². The van der Waals surface area contributed by atoms with E-state index in [1.807, 2.05) is 0 Å². The minimum Gasteiger partial charge on any atom is -0.284 e. The summed E-state index contributed by atoms with van der Waals surface area (Å²) < 4.78 is 24.4. The summed E-state index contributed by atoms with van der Waals surface area (Å²) in [6.07, 6.45) is 4.01. The average molecular weight is 296 g/mol. The molecule has 0 amide bonds. The van der Waals surface area contributed by atoms with Gasteiger partial charge in [-0.15, -0.1) is 11.3 Å². The Hall–Kier alpha value is -0.140. The molecule has 96 valence electrons. The Morgan fingerprint density at radius 2 is 2.12 bits per heavy atom. The van der Waals surface area contributed by atoms with Gasteiger partial charge in [-0.05, 0) is 31.4 Å². The summed E-state index contributed by atoms with van der Waals surface area (Å²) in [5.74, 6) is 0. The van der Waals surface area contributed by atoms with Crippen molar-refractivity contribution in [1.82, 2.24) is 4.89 Å². The van der Waals surface area contributed by atoms with Crippen molar-refractivity contribution >= 4 is 33.0 Å². The molecule has 1 aromatic heterocycles. The molecule has 1 aliphatic carbocycles. The Morgan fingerprint density at radius 1 is 1.47 bits per heavy atom. The molecule has 0 bridgehead atoms. The number of halogens is 1. The lowest BCUT2D eigenvalue weighted by molar-refractivity contribution is 0.0224. The molecule has 1 fully saturated rings. The van der Waals surface area contributed by atoms with Crippen LogP contribution in [0.2, 0.25) is 4.34 Å². The summed E-state index contributed by atoms with van der Waals surface area (Å²) >= 11 is 6.89. The maximum atomic E-state index is 11.9. The van der Waals surface area contributed by atoms with E-state index in [1.54, 1.807) is 13.0 Å². The highest BCUT2D eigenvalue weighted by Gasteiger charge is 2.22. The van der Waals surface area contributed by atoms with Crippen LogP contribution in [-0.2, 0) is 14.9 Å². The number of hydrogen-bond donors (Lipinski definition) is 1. The lowest BCUT2D eigenvalue weighted by Crippen LogP contribution is -2.27. The zero-order valence-corrected chi connectivity index (χ0v) is 11.8. The largest absolute Gasteiger partial charge is 0.284 e. The summed E-state index contributed by atoms with van der Waals surface area (Å²) in [4.78, 5) is 7.38. The van der Waals surface area contributed by atoms with E-state index in [1.165, 1.54) is 0 Å². The molecule has 0 unspecified atom stereocenters. The standard InChI is InChI=1S/C10H14ClNO3S2/c1-7-6-9(16-10(7)11)17(13,14)12-15-8-4-2-3-5-8/h6,8,12H,2-5H2,1H3. The SMILES string of the molecule is Cc1cc(S(=O)(=O)NOC2CCCC2)sc1Cl. The molecule has 17 heavy (non-hydrogen) atoms. The van der Waals surface area contributed by atoms with Crippen LogP contribution in [0.1, 0.15) is 31.2 Å². The van der Waals surface area contributed by atoms with E-state index < -0.39 is 10.0 Å². The van der Waals surface area contributed by atoms with E-state index in [0.717, 1.165) is 42.6 Å². The van der Waals surface area contributed by atoms with Gasteiger partial charge in [-0.2, -0.15) is 0 Å². The topological polar surface area (TPSA) is 55.4 Å². The van der Waals surface area contributed by atoms with Gasteiger partial charge in [0.05, 0.1) is 10.4 Å². The van der Waals surface area contributed by atoms with Crippen LogP contribution in [0.15, 0.2) is 10.3 Å². The normalized spacial score (nSPS) is 17.8. The van der Waals surface area contributed by atoms with E-state index in [2.05, 4.69) is 4.89 Å². The van der Waals surface area contributed by atoms with E-state index in [4.69, 9.17) is 16.4 Å². The van der Waals surface area contributed by atoms with E-state index in [-0.39, 0.29) is 10.3 Å². The van der Waals surface area contributed by atoms with Crippen LogP contribution in [0, 0.1) is 6.92 Å². The second-order valence-corrected chi connectivity index (χ2v) is 7.66. The number of nitrogens with one attached hydrogen (secondary N) is 1. The Labute approximate surface area is 110 Å². The first-order valence-corrected chi connectivity index (χ1v) is 8.10. The van der Waals surface area contributed by atoms with E-state index >= 15 is 0 Å². The van der Waals surface area contributed by atoms with Crippen LogP contribution in [0.25, 0.3) is 0 Å². The quantitative estimate of drug-likeness (QED) is 0.869. The van der Waals surface area contributed by atoms with Crippen molar-refractivity contribution in [3.63, 3.8) is 0 Å². The first kappa shape index (κ1) is 13.3. The summed E-state index contributed by atoms with van der Waals surface area (Å²) in [6.45, 7) is 1.77. The predicted molar refractivity (Wildman–Crippen MR) is 67.7 cm³/mol. The van der Waals surface area contributed by atoms with Gasteiger partial charge < -0.3 is 0 Å². The van der Waals surface area contributed by atoms with Gasteiger partial charge in [-0.1, -0.05) is 29.3 Å². The fraction of sp³-hybridized carbons (Fsp3) is 0.600. The summed E-state index contributed by atoms with van der Waals surface area (Å²) in [5, 5.41) is 0. The van der Waals surface area contributed by atoms with E-state index in [0.29, 0.717) is 4.34 Å². The van der Waals surface area contributed by atoms with E-state index in [9.17, 15) is 8.42 Å². The number of thiophene rings is 1. The molecule has 4 nitrogen and oxygen atoms in total. The molecule has 0 radical (unpaired) electrons. The molecule has 0 atom stereocenters. The van der Waals surface area contributed by atoms with Crippen molar-refractivity contribution in [1.29, 1.82) is 0 Å². The van der Waals surface area contributed by atoms with Crippen molar-refractivity contribution in [3.05, 3.63) is 16.0 Å². The first-order chi connectivity index (χ1) is 7.99. The summed E-state index contributed by atoms with van der Waals surface area (Å²) in [6, 6.07) is 1.55. The summed E-state index contributed by atoms with van der Waals surface area (Å²) in [5.41, 5.74) is 0.762. The molecule has 1 heterocycles. The van der Waals surface area contributed by atoms with Gasteiger partial charge in [0.25, 0.3) is 10.0 Å². The maximum absolute atomic E-state index is 11.9. The third kappa shape index (κ3) is 3.20. The molecule has 7 heteroatoms. The lowest BCUT2D eigenvalue weighted by atomic mass is 10.3. The molecular formula is C10H14ClNO3S2. The lowest BCUT2D eigenvalue weighted by Gasteiger charge is -2.10. The van der Waals surface area contributed by atoms with Gasteiger partial charge in [0, 0.05) is 0 Å². The summed E-state index contributed by atoms with van der Waals surface area (Å²) in [7, 11) is -3.59. The number of rotatable bonds is 4. The van der Waals surface area contributed by atoms with Crippen molar-refractivity contribution in [2.24, 2.45) is 0 Å². The molecule has 0 aliphatic heterocycles. The molecule has 1 N–H and O–H groups in total. The molecule has 0 aromatic carbocycles. The van der Waals surface area contributed by atoms with Gasteiger partial charge >= 0.3 is 0 Å². The highest BCUT2D eigenvalue weighted by Crippen LogP contribution is 2.30. The Bertz CT molecular complexity index is 472. The molecule has 0 spiro atoms. The maximum Gasteiger partial charge on any atom is 0.272 e. The zero-order valence-electron chi connectivity index (χ0n) is 9.40. The van der Waals surface area contributed by atoms with Crippen LogP contribution in [-0.4, -0.2) is 14.5 Å². The average Bonchev–Trinajstić information content (AvgIpc) is 2.87. The van der Waals surface area contributed by atoms with Crippen LogP contribution >= 0.6 is 22.9 Å². The molecule has 1 saturated carbocycles. The fourth-order valence-electron chi connectivity index (χ4n) is 1.74. The van der Waals surface area contributed by atoms with Gasteiger partial charge in [-0.25, -0.2) is 8.42 Å². The number of hydrogen-bond acceptors (Lipinski definition) is 4. The van der Waals surface area contributed by atoms with Crippen LogP contribution in [0.4, 0.5) is 0 Å². The van der Waals surface area contributed by atoms with Crippen LogP contribution < -0.4 is 4.89 Å². The molecule has 1 aliphatic rings. The predicted octanol–water partition coefficient (Wildman–Crippen LogP) is 2.86. The van der Waals surface area contributed by atoms with Crippen molar-refractivity contribution in [2.45, 2.75) is 42.9 Å². The Kier molecular flexibility index (Phi) is 4.10. The molecule has 2 rings (SSSR count). The van der Waals surface area contributed by atoms with Gasteiger partial charge in [0.1, 0.15) is 4.21 Å². The highest BCUT2D eigenvalue weighted by atomic mass is 35.5. The van der Waals surface area contributed by atoms with Gasteiger partial charge in [0.2, 0.25) is 0 Å². The minimum absolute atomic E-state index is 0.00121. The van der Waals surface area contributed by atoms with Crippen molar-refractivity contribution < 1.29 is 13.3 Å². The monoisotopic (exact) mass is 295 g/mol.